The van der Waals surface area contributed by atoms with Crippen molar-refractivity contribution < 1.29 is 9.13 Å². The van der Waals surface area contributed by atoms with Gasteiger partial charge in [-0.25, -0.2) is 4.39 Å². The highest BCUT2D eigenvalue weighted by atomic mass is 19.1. The highest BCUT2D eigenvalue weighted by Crippen LogP contribution is 2.52. The Morgan fingerprint density at radius 3 is 2.56 bits per heavy atom. The quantitative estimate of drug-likeness (QED) is 0.740. The van der Waals surface area contributed by atoms with Crippen molar-refractivity contribution in [1.29, 1.82) is 0 Å². The minimum absolute atomic E-state index is 0.120. The molecule has 0 heterocycles. The van der Waals surface area contributed by atoms with Crippen LogP contribution in [0.15, 0.2) is 18.2 Å². The van der Waals surface area contributed by atoms with Crippen LogP contribution in [0.2, 0.25) is 0 Å². The molecule has 1 aromatic carbocycles. The molecule has 90 valence electrons. The van der Waals surface area contributed by atoms with Gasteiger partial charge in [-0.2, -0.15) is 0 Å². The van der Waals surface area contributed by atoms with E-state index in [0.29, 0.717) is 17.6 Å². The van der Waals surface area contributed by atoms with Gasteiger partial charge in [0.25, 0.3) is 0 Å². The Hall–Kier alpha value is -1.05. The maximum Gasteiger partial charge on any atom is 0.130 e. The Balaban J connectivity index is 0.000000606. The molecule has 0 aromatic heterocycles. The van der Waals surface area contributed by atoms with Crippen molar-refractivity contribution in [2.24, 2.45) is 5.92 Å². The van der Waals surface area contributed by atoms with E-state index in [1.165, 1.54) is 6.07 Å². The Kier molecular flexibility index (Phi) is 4.78. The standard InChI is InChI=1S/C12H15FO.C2H6/c1-3-8-7-9(8)12-10(13)5-4-6-11(12)14-2;1-2/h4-6,8-9H,3,7H2,1-2H3;1-2H3. The average Bonchev–Trinajstić information content (AvgIpc) is 3.10. The van der Waals surface area contributed by atoms with Crippen molar-refractivity contribution in [2.45, 2.75) is 39.5 Å². The van der Waals surface area contributed by atoms with Crippen LogP contribution in [0.3, 0.4) is 0 Å². The summed E-state index contributed by atoms with van der Waals surface area (Å²) in [7, 11) is 1.60. The second kappa shape index (κ2) is 5.88. The monoisotopic (exact) mass is 224 g/mol. The van der Waals surface area contributed by atoms with E-state index in [2.05, 4.69) is 6.92 Å². The van der Waals surface area contributed by atoms with Crippen molar-refractivity contribution >= 4 is 0 Å². The molecule has 16 heavy (non-hydrogen) atoms. The highest BCUT2D eigenvalue weighted by Gasteiger charge is 2.40. The van der Waals surface area contributed by atoms with Crippen molar-refractivity contribution in [3.05, 3.63) is 29.6 Å². The van der Waals surface area contributed by atoms with Crippen LogP contribution in [-0.2, 0) is 0 Å². The van der Waals surface area contributed by atoms with Gasteiger partial charge >= 0.3 is 0 Å². The maximum atomic E-state index is 13.6. The molecule has 0 saturated heterocycles. The van der Waals surface area contributed by atoms with Crippen LogP contribution in [0.4, 0.5) is 4.39 Å². The number of hydrogen-bond donors (Lipinski definition) is 0. The zero-order valence-corrected chi connectivity index (χ0v) is 10.6. The first-order valence-corrected chi connectivity index (χ1v) is 6.10. The van der Waals surface area contributed by atoms with E-state index in [-0.39, 0.29) is 5.82 Å². The SMILES string of the molecule is CC.CCC1CC1c1c(F)cccc1OC. The molecular weight excluding hydrogens is 203 g/mol. The maximum absolute atomic E-state index is 13.6. The van der Waals surface area contributed by atoms with E-state index in [4.69, 9.17) is 4.74 Å². The zero-order chi connectivity index (χ0) is 12.1. The van der Waals surface area contributed by atoms with Gasteiger partial charge in [-0.05, 0) is 30.4 Å². The Bertz CT molecular complexity index is 336. The van der Waals surface area contributed by atoms with Gasteiger partial charge in [-0.15, -0.1) is 0 Å². The third-order valence-electron chi connectivity index (χ3n) is 3.05. The minimum atomic E-state index is -0.120. The molecule has 0 N–H and O–H groups in total. The van der Waals surface area contributed by atoms with Crippen LogP contribution < -0.4 is 4.74 Å². The fraction of sp³-hybridized carbons (Fsp3) is 0.571. The molecule has 2 unspecified atom stereocenters. The largest absolute Gasteiger partial charge is 0.496 e. The molecule has 1 aromatic rings. The van der Waals surface area contributed by atoms with Gasteiger partial charge in [0.1, 0.15) is 11.6 Å². The van der Waals surface area contributed by atoms with Crippen LogP contribution in [0.1, 0.15) is 45.1 Å². The summed E-state index contributed by atoms with van der Waals surface area (Å²) in [6, 6.07) is 5.05. The van der Waals surface area contributed by atoms with Crippen molar-refractivity contribution in [3.63, 3.8) is 0 Å². The predicted octanol–water partition coefficient (Wildman–Crippen LogP) is 4.37. The molecule has 0 bridgehead atoms. The summed E-state index contributed by atoms with van der Waals surface area (Å²) in [4.78, 5) is 0. The summed E-state index contributed by atoms with van der Waals surface area (Å²) < 4.78 is 18.7. The summed E-state index contributed by atoms with van der Waals surface area (Å²) in [5.41, 5.74) is 0.779. The van der Waals surface area contributed by atoms with E-state index in [1.807, 2.05) is 19.9 Å². The Morgan fingerprint density at radius 1 is 1.38 bits per heavy atom. The molecule has 0 aliphatic heterocycles. The minimum Gasteiger partial charge on any atom is -0.496 e. The molecule has 2 rings (SSSR count). The summed E-state index contributed by atoms with van der Waals surface area (Å²) in [5, 5.41) is 0. The normalized spacial score (nSPS) is 22.1. The average molecular weight is 224 g/mol. The number of ether oxygens (including phenoxy) is 1. The van der Waals surface area contributed by atoms with E-state index >= 15 is 0 Å². The predicted molar refractivity (Wildman–Crippen MR) is 65.4 cm³/mol. The van der Waals surface area contributed by atoms with E-state index in [9.17, 15) is 4.39 Å². The highest BCUT2D eigenvalue weighted by molar-refractivity contribution is 5.40. The second-order valence-electron chi connectivity index (χ2n) is 3.87. The lowest BCUT2D eigenvalue weighted by molar-refractivity contribution is 0.403. The zero-order valence-electron chi connectivity index (χ0n) is 10.6. The lowest BCUT2D eigenvalue weighted by Crippen LogP contribution is -1.95. The first-order chi connectivity index (χ1) is 7.77. The molecule has 0 amide bonds. The van der Waals surface area contributed by atoms with Gasteiger partial charge in [0.15, 0.2) is 0 Å². The summed E-state index contributed by atoms with van der Waals surface area (Å²) in [6.07, 6.45) is 2.23. The van der Waals surface area contributed by atoms with Gasteiger partial charge in [0.2, 0.25) is 0 Å². The second-order valence-corrected chi connectivity index (χ2v) is 3.87. The number of benzene rings is 1. The first kappa shape index (κ1) is 13.0. The van der Waals surface area contributed by atoms with Crippen molar-refractivity contribution in [3.8, 4) is 5.75 Å². The lowest BCUT2D eigenvalue weighted by Gasteiger charge is -2.08. The molecule has 1 fully saturated rings. The summed E-state index contributed by atoms with van der Waals surface area (Å²) in [5.74, 6) is 1.62. The first-order valence-electron chi connectivity index (χ1n) is 6.10. The molecule has 1 aliphatic carbocycles. The fourth-order valence-electron chi connectivity index (χ4n) is 2.11. The topological polar surface area (TPSA) is 9.23 Å². The number of methoxy groups -OCH3 is 1. The van der Waals surface area contributed by atoms with E-state index < -0.39 is 0 Å². The molecular formula is C14H21FO. The number of hydrogen-bond acceptors (Lipinski definition) is 1. The summed E-state index contributed by atoms with van der Waals surface area (Å²) in [6.45, 7) is 6.15. The van der Waals surface area contributed by atoms with Crippen LogP contribution >= 0.6 is 0 Å². The summed E-state index contributed by atoms with van der Waals surface area (Å²) >= 11 is 0. The van der Waals surface area contributed by atoms with Crippen molar-refractivity contribution in [2.75, 3.05) is 7.11 Å². The molecule has 2 atom stereocenters. The molecule has 1 nitrogen and oxygen atoms in total. The third kappa shape index (κ3) is 2.55. The molecule has 1 aliphatic rings. The van der Waals surface area contributed by atoms with Crippen LogP contribution in [-0.4, -0.2) is 7.11 Å². The smallest absolute Gasteiger partial charge is 0.130 e. The van der Waals surface area contributed by atoms with Gasteiger partial charge in [0, 0.05) is 5.56 Å². The van der Waals surface area contributed by atoms with Crippen LogP contribution in [0, 0.1) is 11.7 Å². The van der Waals surface area contributed by atoms with Crippen LogP contribution in [0.5, 0.6) is 5.75 Å². The number of halogens is 1. The Labute approximate surface area is 97.6 Å². The molecule has 0 spiro atoms. The molecule has 1 saturated carbocycles. The van der Waals surface area contributed by atoms with Crippen LogP contribution in [0.25, 0.3) is 0 Å². The van der Waals surface area contributed by atoms with Gasteiger partial charge in [-0.1, -0.05) is 33.3 Å². The third-order valence-corrected chi connectivity index (χ3v) is 3.05. The van der Waals surface area contributed by atoms with Crippen molar-refractivity contribution in [1.82, 2.24) is 0 Å². The van der Waals surface area contributed by atoms with E-state index in [1.54, 1.807) is 13.2 Å². The van der Waals surface area contributed by atoms with Gasteiger partial charge in [0.05, 0.1) is 7.11 Å². The van der Waals surface area contributed by atoms with E-state index in [0.717, 1.165) is 18.4 Å². The lowest BCUT2D eigenvalue weighted by atomic mass is 10.1. The van der Waals surface area contributed by atoms with Gasteiger partial charge < -0.3 is 4.74 Å². The molecule has 2 heteroatoms. The van der Waals surface area contributed by atoms with Gasteiger partial charge in [-0.3, -0.25) is 0 Å². The fourth-order valence-corrected chi connectivity index (χ4v) is 2.11. The Morgan fingerprint density at radius 2 is 2.06 bits per heavy atom. The molecule has 0 radical (unpaired) electrons. The number of rotatable bonds is 3.